The van der Waals surface area contributed by atoms with Gasteiger partial charge in [0, 0.05) is 31.6 Å². The Morgan fingerprint density at radius 3 is 2.87 bits per heavy atom. The molecular weight excluding hydrogens is 298 g/mol. The number of rotatable bonds is 4. The van der Waals surface area contributed by atoms with Crippen LogP contribution in [0, 0.1) is 0 Å². The predicted molar refractivity (Wildman–Crippen MR) is 83.1 cm³/mol. The van der Waals surface area contributed by atoms with E-state index >= 15 is 0 Å². The molecule has 0 aromatic heterocycles. The zero-order chi connectivity index (χ0) is 16.4. The second-order valence-corrected chi connectivity index (χ2v) is 5.75. The summed E-state index contributed by atoms with van der Waals surface area (Å²) in [7, 11) is 1.76. The average molecular weight is 317 g/mol. The maximum absolute atomic E-state index is 12.1. The van der Waals surface area contributed by atoms with Crippen LogP contribution in [0.15, 0.2) is 24.3 Å². The molecule has 23 heavy (non-hydrogen) atoms. The fourth-order valence-electron chi connectivity index (χ4n) is 2.95. The Labute approximate surface area is 134 Å². The number of anilines is 1. The zero-order valence-corrected chi connectivity index (χ0v) is 12.9. The molecule has 2 heterocycles. The SMILES string of the molecule is CN1C(=O)C[C@H](CNC(=O)CN2CCOC2=O)c2ccccc21. The standard InChI is InChI=1S/C16H19N3O4/c1-18-13-5-3-2-4-12(13)11(8-15(18)21)9-17-14(20)10-19-6-7-23-16(19)22/h2-5,11H,6-10H2,1H3,(H,17,20)/t11-/m1/s1. The number of hydrogen-bond acceptors (Lipinski definition) is 4. The van der Waals surface area contributed by atoms with Crippen molar-refractivity contribution in [2.75, 3.05) is 38.2 Å². The number of nitrogens with one attached hydrogen (secondary N) is 1. The molecule has 3 amide bonds. The fraction of sp³-hybridized carbons (Fsp3) is 0.438. The lowest BCUT2D eigenvalue weighted by Crippen LogP contribution is -2.41. The molecule has 2 aliphatic rings. The van der Waals surface area contributed by atoms with E-state index in [0.717, 1.165) is 11.3 Å². The second kappa shape index (κ2) is 6.28. The summed E-state index contributed by atoms with van der Waals surface area (Å²) < 4.78 is 4.79. The molecule has 0 aliphatic carbocycles. The van der Waals surface area contributed by atoms with Gasteiger partial charge in [0.15, 0.2) is 0 Å². The number of carbonyl (C=O) groups is 3. The highest BCUT2D eigenvalue weighted by atomic mass is 16.6. The molecule has 7 nitrogen and oxygen atoms in total. The van der Waals surface area contributed by atoms with E-state index in [0.29, 0.717) is 26.1 Å². The quantitative estimate of drug-likeness (QED) is 0.887. The smallest absolute Gasteiger partial charge is 0.410 e. The highest BCUT2D eigenvalue weighted by molar-refractivity contribution is 5.96. The van der Waals surface area contributed by atoms with Crippen molar-refractivity contribution in [3.63, 3.8) is 0 Å². The van der Waals surface area contributed by atoms with E-state index < -0.39 is 6.09 Å². The van der Waals surface area contributed by atoms with Gasteiger partial charge in [0.1, 0.15) is 13.2 Å². The van der Waals surface area contributed by atoms with Crippen LogP contribution in [0.4, 0.5) is 10.5 Å². The van der Waals surface area contributed by atoms with E-state index in [2.05, 4.69) is 5.32 Å². The molecule has 3 rings (SSSR count). The van der Waals surface area contributed by atoms with Crippen molar-refractivity contribution in [3.8, 4) is 0 Å². The second-order valence-electron chi connectivity index (χ2n) is 5.75. The maximum Gasteiger partial charge on any atom is 0.410 e. The van der Waals surface area contributed by atoms with Crippen LogP contribution in [0.1, 0.15) is 17.9 Å². The molecule has 1 fully saturated rings. The zero-order valence-electron chi connectivity index (χ0n) is 12.9. The molecule has 0 radical (unpaired) electrons. The maximum atomic E-state index is 12.1. The van der Waals surface area contributed by atoms with Crippen molar-refractivity contribution >= 4 is 23.6 Å². The van der Waals surface area contributed by atoms with Gasteiger partial charge in [-0.25, -0.2) is 4.79 Å². The lowest BCUT2D eigenvalue weighted by atomic mass is 9.89. The molecular formula is C16H19N3O4. The van der Waals surface area contributed by atoms with Crippen LogP contribution >= 0.6 is 0 Å². The summed E-state index contributed by atoms with van der Waals surface area (Å²) >= 11 is 0. The Kier molecular flexibility index (Phi) is 4.18. The summed E-state index contributed by atoms with van der Waals surface area (Å²) in [5.74, 6) is -0.261. The first kappa shape index (κ1) is 15.3. The van der Waals surface area contributed by atoms with Crippen molar-refractivity contribution in [1.29, 1.82) is 0 Å². The number of benzene rings is 1. The Bertz CT molecular complexity index is 646. The lowest BCUT2D eigenvalue weighted by Gasteiger charge is -2.31. The summed E-state index contributed by atoms with van der Waals surface area (Å²) in [5.41, 5.74) is 1.93. The summed E-state index contributed by atoms with van der Waals surface area (Å²) in [6, 6.07) is 7.70. The topological polar surface area (TPSA) is 79.0 Å². The monoisotopic (exact) mass is 317 g/mol. The highest BCUT2D eigenvalue weighted by Crippen LogP contribution is 2.34. The van der Waals surface area contributed by atoms with Gasteiger partial charge in [0.25, 0.3) is 0 Å². The minimum absolute atomic E-state index is 0.0128. The van der Waals surface area contributed by atoms with Gasteiger partial charge in [-0.15, -0.1) is 0 Å². The molecule has 1 aromatic rings. The van der Waals surface area contributed by atoms with Crippen LogP contribution in [0.25, 0.3) is 0 Å². The number of nitrogens with zero attached hydrogens (tertiary/aromatic N) is 2. The Balaban J connectivity index is 1.62. The summed E-state index contributed by atoms with van der Waals surface area (Å²) in [5, 5.41) is 2.82. The van der Waals surface area contributed by atoms with Crippen LogP contribution in [-0.4, -0.2) is 56.1 Å². The predicted octanol–water partition coefficient (Wildman–Crippen LogP) is 0.705. The molecule has 0 spiro atoms. The number of para-hydroxylation sites is 1. The van der Waals surface area contributed by atoms with Crippen molar-refractivity contribution in [2.24, 2.45) is 0 Å². The van der Waals surface area contributed by atoms with E-state index in [4.69, 9.17) is 4.74 Å². The third-order valence-corrected chi connectivity index (χ3v) is 4.26. The summed E-state index contributed by atoms with van der Waals surface area (Å²) in [6.45, 7) is 1.12. The molecule has 122 valence electrons. The van der Waals surface area contributed by atoms with Gasteiger partial charge >= 0.3 is 6.09 Å². The van der Waals surface area contributed by atoms with Crippen LogP contribution in [-0.2, 0) is 14.3 Å². The third-order valence-electron chi connectivity index (χ3n) is 4.26. The van der Waals surface area contributed by atoms with Gasteiger partial charge in [-0.05, 0) is 11.6 Å². The Morgan fingerprint density at radius 1 is 1.35 bits per heavy atom. The van der Waals surface area contributed by atoms with Crippen LogP contribution < -0.4 is 10.2 Å². The molecule has 0 saturated carbocycles. The first-order valence-corrected chi connectivity index (χ1v) is 7.60. The van der Waals surface area contributed by atoms with E-state index in [1.165, 1.54) is 4.90 Å². The van der Waals surface area contributed by atoms with Crippen molar-refractivity contribution in [3.05, 3.63) is 29.8 Å². The number of fused-ring (bicyclic) bond motifs is 1. The van der Waals surface area contributed by atoms with Gasteiger partial charge in [-0.1, -0.05) is 18.2 Å². The van der Waals surface area contributed by atoms with Crippen LogP contribution in [0.2, 0.25) is 0 Å². The fourth-order valence-corrected chi connectivity index (χ4v) is 2.95. The first-order valence-electron chi connectivity index (χ1n) is 7.60. The number of hydrogen-bond donors (Lipinski definition) is 1. The summed E-state index contributed by atoms with van der Waals surface area (Å²) in [6.07, 6.45) is -0.0977. The Hall–Kier alpha value is -2.57. The number of amides is 3. The third kappa shape index (κ3) is 3.13. The van der Waals surface area contributed by atoms with E-state index in [9.17, 15) is 14.4 Å². The van der Waals surface area contributed by atoms with Gasteiger partial charge < -0.3 is 15.0 Å². The van der Waals surface area contributed by atoms with Crippen molar-refractivity contribution < 1.29 is 19.1 Å². The molecule has 0 unspecified atom stereocenters. The van der Waals surface area contributed by atoms with E-state index in [-0.39, 0.29) is 24.3 Å². The average Bonchev–Trinajstić information content (AvgIpc) is 2.94. The molecule has 1 aromatic carbocycles. The molecule has 0 bridgehead atoms. The van der Waals surface area contributed by atoms with E-state index in [1.807, 2.05) is 24.3 Å². The minimum Gasteiger partial charge on any atom is -0.448 e. The normalized spacial score (nSPS) is 20.3. The van der Waals surface area contributed by atoms with E-state index in [1.54, 1.807) is 11.9 Å². The largest absolute Gasteiger partial charge is 0.448 e. The van der Waals surface area contributed by atoms with Gasteiger partial charge in [0.05, 0.1) is 6.54 Å². The first-order chi connectivity index (χ1) is 11.1. The van der Waals surface area contributed by atoms with Gasteiger partial charge in [0.2, 0.25) is 11.8 Å². The van der Waals surface area contributed by atoms with Crippen LogP contribution in [0.5, 0.6) is 0 Å². The number of carbonyl (C=O) groups excluding carboxylic acids is 3. The van der Waals surface area contributed by atoms with Gasteiger partial charge in [-0.3, -0.25) is 14.5 Å². The molecule has 1 N–H and O–H groups in total. The molecule has 1 saturated heterocycles. The lowest BCUT2D eigenvalue weighted by molar-refractivity contribution is -0.122. The summed E-state index contributed by atoms with van der Waals surface area (Å²) in [4.78, 5) is 38.4. The minimum atomic E-state index is -0.458. The Morgan fingerprint density at radius 2 is 2.13 bits per heavy atom. The van der Waals surface area contributed by atoms with Crippen molar-refractivity contribution in [2.45, 2.75) is 12.3 Å². The molecule has 1 atom stereocenters. The molecule has 7 heteroatoms. The number of cyclic esters (lactones) is 1. The number of ether oxygens (including phenoxy) is 1. The van der Waals surface area contributed by atoms with Crippen molar-refractivity contribution in [1.82, 2.24) is 10.2 Å². The van der Waals surface area contributed by atoms with Gasteiger partial charge in [-0.2, -0.15) is 0 Å². The highest BCUT2D eigenvalue weighted by Gasteiger charge is 2.29. The van der Waals surface area contributed by atoms with Crippen LogP contribution in [0.3, 0.4) is 0 Å². The molecule has 2 aliphatic heterocycles.